The van der Waals surface area contributed by atoms with E-state index in [-0.39, 0.29) is 6.10 Å². The van der Waals surface area contributed by atoms with Crippen molar-refractivity contribution < 1.29 is 4.74 Å². The van der Waals surface area contributed by atoms with Crippen LogP contribution >= 0.6 is 0 Å². The third-order valence-corrected chi connectivity index (χ3v) is 3.56. The number of hydrogen-bond donors (Lipinski definition) is 1. The van der Waals surface area contributed by atoms with Crippen LogP contribution in [0.1, 0.15) is 19.3 Å². The van der Waals surface area contributed by atoms with Crippen LogP contribution in [0.4, 0.5) is 5.95 Å². The second kappa shape index (κ2) is 4.90. The normalized spacial score (nSPS) is 23.4. The lowest BCUT2D eigenvalue weighted by molar-refractivity contribution is 0.101. The molecule has 1 fully saturated rings. The van der Waals surface area contributed by atoms with Gasteiger partial charge in [-0.15, -0.1) is 0 Å². The summed E-state index contributed by atoms with van der Waals surface area (Å²) in [5.74, 6) is 0.697. The first-order valence-electron chi connectivity index (χ1n) is 6.38. The van der Waals surface area contributed by atoms with Crippen molar-refractivity contribution in [3.8, 4) is 0 Å². The first-order valence-corrected chi connectivity index (χ1v) is 6.38. The van der Waals surface area contributed by atoms with Crippen LogP contribution in [0.3, 0.4) is 0 Å². The van der Waals surface area contributed by atoms with Crippen molar-refractivity contribution in [3.05, 3.63) is 30.5 Å². The average molecular weight is 243 g/mol. The smallest absolute Gasteiger partial charge is 0.223 e. The molecule has 1 N–H and O–H groups in total. The monoisotopic (exact) mass is 243 g/mol. The highest BCUT2D eigenvalue weighted by atomic mass is 16.5. The number of anilines is 1. The molecule has 2 atom stereocenters. The predicted octanol–water partition coefficient (Wildman–Crippen LogP) is 2.61. The molecule has 4 heteroatoms. The van der Waals surface area contributed by atoms with Gasteiger partial charge in [0.1, 0.15) is 0 Å². The van der Waals surface area contributed by atoms with Crippen molar-refractivity contribution in [2.75, 3.05) is 12.4 Å². The Morgan fingerprint density at radius 2 is 2.17 bits per heavy atom. The van der Waals surface area contributed by atoms with E-state index in [2.05, 4.69) is 15.3 Å². The molecule has 0 bridgehead atoms. The zero-order chi connectivity index (χ0) is 12.4. The summed E-state index contributed by atoms with van der Waals surface area (Å²) in [4.78, 5) is 8.89. The van der Waals surface area contributed by atoms with E-state index in [1.807, 2.05) is 30.5 Å². The minimum atomic E-state index is 0.278. The predicted molar refractivity (Wildman–Crippen MR) is 71.6 cm³/mol. The van der Waals surface area contributed by atoms with E-state index in [4.69, 9.17) is 4.74 Å². The van der Waals surface area contributed by atoms with Gasteiger partial charge in [-0.05, 0) is 25.3 Å². The van der Waals surface area contributed by atoms with Crippen LogP contribution in [0, 0.1) is 0 Å². The molecule has 1 aliphatic rings. The van der Waals surface area contributed by atoms with Crippen LogP contribution in [0.2, 0.25) is 0 Å². The lowest BCUT2D eigenvalue weighted by Gasteiger charge is -2.19. The van der Waals surface area contributed by atoms with E-state index in [0.717, 1.165) is 23.7 Å². The Morgan fingerprint density at radius 3 is 3.06 bits per heavy atom. The molecule has 1 aromatic carbocycles. The van der Waals surface area contributed by atoms with Crippen molar-refractivity contribution in [3.63, 3.8) is 0 Å². The fourth-order valence-electron chi connectivity index (χ4n) is 2.58. The van der Waals surface area contributed by atoms with Gasteiger partial charge in [-0.1, -0.05) is 18.2 Å². The topological polar surface area (TPSA) is 47.0 Å². The van der Waals surface area contributed by atoms with E-state index in [9.17, 15) is 0 Å². The van der Waals surface area contributed by atoms with Crippen molar-refractivity contribution in [2.45, 2.75) is 31.4 Å². The van der Waals surface area contributed by atoms with Crippen molar-refractivity contribution in [1.29, 1.82) is 0 Å². The average Bonchev–Trinajstić information content (AvgIpc) is 2.86. The number of rotatable bonds is 3. The highest BCUT2D eigenvalue weighted by molar-refractivity contribution is 5.78. The van der Waals surface area contributed by atoms with Crippen LogP contribution in [0.5, 0.6) is 0 Å². The van der Waals surface area contributed by atoms with Crippen LogP contribution in [0.15, 0.2) is 30.5 Å². The highest BCUT2D eigenvalue weighted by Gasteiger charge is 2.27. The summed E-state index contributed by atoms with van der Waals surface area (Å²) in [6.45, 7) is 0. The quantitative estimate of drug-likeness (QED) is 0.900. The van der Waals surface area contributed by atoms with E-state index < -0.39 is 0 Å². The molecule has 4 nitrogen and oxygen atoms in total. The molecule has 1 saturated carbocycles. The maximum atomic E-state index is 5.47. The first kappa shape index (κ1) is 11.4. The van der Waals surface area contributed by atoms with E-state index >= 15 is 0 Å². The Hall–Kier alpha value is -1.68. The molecular weight excluding hydrogens is 226 g/mol. The number of hydrogen-bond acceptors (Lipinski definition) is 4. The molecular formula is C14H17N3O. The number of para-hydroxylation sites is 1. The summed E-state index contributed by atoms with van der Waals surface area (Å²) >= 11 is 0. The van der Waals surface area contributed by atoms with Crippen molar-refractivity contribution in [2.24, 2.45) is 0 Å². The fourth-order valence-corrected chi connectivity index (χ4v) is 2.58. The molecule has 1 heterocycles. The first-order chi connectivity index (χ1) is 8.86. The van der Waals surface area contributed by atoms with E-state index in [0.29, 0.717) is 12.0 Å². The summed E-state index contributed by atoms with van der Waals surface area (Å²) in [5, 5.41) is 4.45. The summed E-state index contributed by atoms with van der Waals surface area (Å²) in [7, 11) is 1.77. The molecule has 2 unspecified atom stereocenters. The minimum absolute atomic E-state index is 0.278. The van der Waals surface area contributed by atoms with Gasteiger partial charge in [0.05, 0.1) is 17.7 Å². The Kier molecular flexibility index (Phi) is 3.11. The summed E-state index contributed by atoms with van der Waals surface area (Å²) < 4.78 is 5.47. The van der Waals surface area contributed by atoms with Crippen molar-refractivity contribution >= 4 is 16.9 Å². The lowest BCUT2D eigenvalue weighted by atomic mass is 10.2. The Balaban J connectivity index is 1.82. The third kappa shape index (κ3) is 2.16. The fraction of sp³-hybridized carbons (Fsp3) is 0.429. The molecule has 1 aliphatic carbocycles. The van der Waals surface area contributed by atoms with Gasteiger partial charge in [0, 0.05) is 18.7 Å². The zero-order valence-electron chi connectivity index (χ0n) is 10.5. The van der Waals surface area contributed by atoms with Crippen LogP contribution < -0.4 is 5.32 Å². The second-order valence-electron chi connectivity index (χ2n) is 4.71. The largest absolute Gasteiger partial charge is 0.379 e. The van der Waals surface area contributed by atoms with Gasteiger partial charge in [-0.2, -0.15) is 0 Å². The third-order valence-electron chi connectivity index (χ3n) is 3.56. The standard InChI is InChI=1S/C14H17N3O/c1-18-13-8-4-7-12(13)17-14-15-9-10-5-2-3-6-11(10)16-14/h2-3,5-6,9,12-13H,4,7-8H2,1H3,(H,15,16,17). The number of benzene rings is 1. The maximum Gasteiger partial charge on any atom is 0.223 e. The van der Waals surface area contributed by atoms with Crippen LogP contribution in [-0.4, -0.2) is 29.2 Å². The number of nitrogens with zero attached hydrogens (tertiary/aromatic N) is 2. The lowest BCUT2D eigenvalue weighted by Crippen LogP contribution is -2.30. The zero-order valence-corrected chi connectivity index (χ0v) is 10.5. The molecule has 0 spiro atoms. The van der Waals surface area contributed by atoms with Gasteiger partial charge >= 0.3 is 0 Å². The second-order valence-corrected chi connectivity index (χ2v) is 4.71. The molecule has 94 valence electrons. The minimum Gasteiger partial charge on any atom is -0.379 e. The SMILES string of the molecule is COC1CCCC1Nc1ncc2ccccc2n1. The van der Waals surface area contributed by atoms with Gasteiger partial charge in [0.15, 0.2) is 0 Å². The molecule has 0 radical (unpaired) electrons. The number of methoxy groups -OCH3 is 1. The Morgan fingerprint density at radius 1 is 1.28 bits per heavy atom. The number of fused-ring (bicyclic) bond motifs is 1. The van der Waals surface area contributed by atoms with Gasteiger partial charge < -0.3 is 10.1 Å². The molecule has 0 aliphatic heterocycles. The number of aromatic nitrogens is 2. The van der Waals surface area contributed by atoms with Gasteiger partial charge in [0.2, 0.25) is 5.95 Å². The van der Waals surface area contributed by atoms with E-state index in [1.165, 1.54) is 6.42 Å². The van der Waals surface area contributed by atoms with Crippen LogP contribution in [0.25, 0.3) is 10.9 Å². The molecule has 2 aromatic rings. The van der Waals surface area contributed by atoms with Crippen molar-refractivity contribution in [1.82, 2.24) is 9.97 Å². The molecule has 18 heavy (non-hydrogen) atoms. The molecule has 3 rings (SSSR count). The molecule has 0 amide bonds. The number of nitrogens with one attached hydrogen (secondary N) is 1. The Bertz CT molecular complexity index is 543. The Labute approximate surface area is 106 Å². The van der Waals surface area contributed by atoms with Gasteiger partial charge in [0.25, 0.3) is 0 Å². The number of ether oxygens (including phenoxy) is 1. The van der Waals surface area contributed by atoms with Gasteiger partial charge in [-0.25, -0.2) is 9.97 Å². The summed E-state index contributed by atoms with van der Waals surface area (Å²) in [6, 6.07) is 8.34. The van der Waals surface area contributed by atoms with Gasteiger partial charge in [-0.3, -0.25) is 0 Å². The molecule has 0 saturated heterocycles. The summed E-state index contributed by atoms with van der Waals surface area (Å²) in [6.07, 6.45) is 5.57. The van der Waals surface area contributed by atoms with Crippen LogP contribution in [-0.2, 0) is 4.74 Å². The summed E-state index contributed by atoms with van der Waals surface area (Å²) in [5.41, 5.74) is 0.974. The highest BCUT2D eigenvalue weighted by Crippen LogP contribution is 2.24. The molecule has 1 aromatic heterocycles. The maximum absolute atomic E-state index is 5.47. The van der Waals surface area contributed by atoms with E-state index in [1.54, 1.807) is 7.11 Å².